The molecular weight excluding hydrogens is 465 g/mol. The number of aryl methyl sites for hydroxylation is 3. The Hall–Kier alpha value is -4.27. The Morgan fingerprint density at radius 2 is 1.75 bits per heavy atom. The van der Waals surface area contributed by atoms with Crippen molar-refractivity contribution in [1.82, 2.24) is 5.32 Å². The van der Waals surface area contributed by atoms with Gasteiger partial charge in [-0.25, -0.2) is 18.9 Å². The topological polar surface area (TPSA) is 99.9 Å². The summed E-state index contributed by atoms with van der Waals surface area (Å²) in [6, 6.07) is 5.81. The third kappa shape index (κ3) is 3.34. The van der Waals surface area contributed by atoms with Crippen LogP contribution in [0.2, 0.25) is 0 Å². The lowest BCUT2D eigenvalue weighted by Gasteiger charge is -2.37. The number of benzene rings is 2. The zero-order chi connectivity index (χ0) is 25.1. The lowest BCUT2D eigenvalue weighted by Crippen LogP contribution is -2.54. The summed E-state index contributed by atoms with van der Waals surface area (Å²) in [6.07, 6.45) is 4.95. The van der Waals surface area contributed by atoms with Crippen LogP contribution >= 0.6 is 0 Å². The maximum atomic E-state index is 13.4. The van der Waals surface area contributed by atoms with E-state index in [9.17, 15) is 23.6 Å². The van der Waals surface area contributed by atoms with Crippen LogP contribution in [0.15, 0.2) is 45.1 Å². The predicted octanol–water partition coefficient (Wildman–Crippen LogP) is 3.61. The van der Waals surface area contributed by atoms with E-state index < -0.39 is 29.3 Å². The molecule has 9 heteroatoms. The normalized spacial score (nSPS) is 18.6. The van der Waals surface area contributed by atoms with Gasteiger partial charge in [-0.1, -0.05) is 0 Å². The molecule has 36 heavy (non-hydrogen) atoms. The van der Waals surface area contributed by atoms with Crippen LogP contribution in [0, 0.1) is 12.7 Å². The molecule has 8 nitrogen and oxygen atoms in total. The number of halogens is 1. The Kier molecular flexibility index (Phi) is 5.03. The van der Waals surface area contributed by atoms with E-state index >= 15 is 0 Å². The SMILES string of the molecule is Cc1c(C=C2C(=O)NC(=O)N(c3ccc(F)cc3)C2=O)c(=O)oc2c3c4c(cc12)CCCN4CCC3. The minimum absolute atomic E-state index is 0.0741. The van der Waals surface area contributed by atoms with Gasteiger partial charge in [-0.2, -0.15) is 0 Å². The summed E-state index contributed by atoms with van der Waals surface area (Å²) < 4.78 is 19.2. The highest BCUT2D eigenvalue weighted by Crippen LogP contribution is 2.40. The number of rotatable bonds is 2. The van der Waals surface area contributed by atoms with Crippen molar-refractivity contribution in [3.8, 4) is 0 Å². The van der Waals surface area contributed by atoms with E-state index in [1.807, 2.05) is 6.07 Å². The largest absolute Gasteiger partial charge is 0.422 e. The van der Waals surface area contributed by atoms with Crippen molar-refractivity contribution in [3.05, 3.63) is 74.4 Å². The van der Waals surface area contributed by atoms with Gasteiger partial charge in [-0.3, -0.25) is 14.9 Å². The van der Waals surface area contributed by atoms with Crippen LogP contribution in [0.5, 0.6) is 0 Å². The maximum absolute atomic E-state index is 13.4. The first kappa shape index (κ1) is 22.2. The molecule has 0 saturated carbocycles. The van der Waals surface area contributed by atoms with Gasteiger partial charge in [0.2, 0.25) is 0 Å². The van der Waals surface area contributed by atoms with E-state index in [4.69, 9.17) is 4.42 Å². The van der Waals surface area contributed by atoms with Gasteiger partial charge < -0.3 is 9.32 Å². The van der Waals surface area contributed by atoms with E-state index in [0.29, 0.717) is 11.1 Å². The second kappa shape index (κ2) is 8.15. The molecule has 1 N–H and O–H groups in total. The van der Waals surface area contributed by atoms with Gasteiger partial charge in [0.25, 0.3) is 11.8 Å². The highest BCUT2D eigenvalue weighted by atomic mass is 19.1. The van der Waals surface area contributed by atoms with E-state index in [2.05, 4.69) is 10.2 Å². The first-order valence-electron chi connectivity index (χ1n) is 11.9. The van der Waals surface area contributed by atoms with E-state index in [-0.39, 0.29) is 16.8 Å². The molecule has 0 unspecified atom stereocenters. The Labute approximate surface area is 205 Å². The second-order valence-electron chi connectivity index (χ2n) is 9.30. The number of barbiturate groups is 1. The molecule has 0 radical (unpaired) electrons. The van der Waals surface area contributed by atoms with Gasteiger partial charge in [-0.05, 0) is 80.1 Å². The lowest BCUT2D eigenvalue weighted by atomic mass is 9.88. The average molecular weight is 487 g/mol. The van der Waals surface area contributed by atoms with E-state index in [0.717, 1.165) is 66.8 Å². The van der Waals surface area contributed by atoms with Crippen molar-refractivity contribution in [2.75, 3.05) is 22.9 Å². The predicted molar refractivity (Wildman–Crippen MR) is 131 cm³/mol. The number of hydrogen-bond donors (Lipinski definition) is 1. The number of fused-ring (bicyclic) bond motifs is 2. The molecule has 6 rings (SSSR count). The molecule has 4 heterocycles. The van der Waals surface area contributed by atoms with Crippen molar-refractivity contribution < 1.29 is 23.2 Å². The molecular formula is C27H22FN3O5. The molecule has 1 aromatic heterocycles. The van der Waals surface area contributed by atoms with Crippen molar-refractivity contribution in [1.29, 1.82) is 0 Å². The fraction of sp³-hybridized carbons (Fsp3) is 0.259. The van der Waals surface area contributed by atoms with Crippen LogP contribution in [0.3, 0.4) is 0 Å². The summed E-state index contributed by atoms with van der Waals surface area (Å²) in [5.74, 6) is -2.37. The van der Waals surface area contributed by atoms with Crippen LogP contribution in [-0.4, -0.2) is 30.9 Å². The van der Waals surface area contributed by atoms with Gasteiger partial charge >= 0.3 is 11.7 Å². The van der Waals surface area contributed by atoms with Crippen LogP contribution in [0.1, 0.15) is 35.1 Å². The lowest BCUT2D eigenvalue weighted by molar-refractivity contribution is -0.122. The standard InChI is InChI=1S/C27H22FN3O5/c1-14-19-12-15-4-2-10-30-11-3-5-18(22(15)30)23(19)36-26(34)20(14)13-21-24(32)29-27(35)31(25(21)33)17-8-6-16(28)7-9-17/h6-9,12-13H,2-5,10-11H2,1H3,(H,29,32,35). The van der Waals surface area contributed by atoms with Gasteiger partial charge in [0, 0.05) is 29.7 Å². The van der Waals surface area contributed by atoms with Crippen LogP contribution in [0.4, 0.5) is 20.6 Å². The first-order chi connectivity index (χ1) is 17.3. The molecule has 0 atom stereocenters. The number of carbonyl (C=O) groups is 3. The monoisotopic (exact) mass is 487 g/mol. The van der Waals surface area contributed by atoms with Crippen LogP contribution in [0.25, 0.3) is 17.0 Å². The summed E-state index contributed by atoms with van der Waals surface area (Å²) in [4.78, 5) is 54.5. The number of carbonyl (C=O) groups excluding carboxylic acids is 3. The van der Waals surface area contributed by atoms with Crippen LogP contribution in [-0.2, 0) is 22.4 Å². The third-order valence-corrected chi connectivity index (χ3v) is 7.17. The summed E-state index contributed by atoms with van der Waals surface area (Å²) in [5, 5.41) is 2.89. The van der Waals surface area contributed by atoms with Gasteiger partial charge in [0.1, 0.15) is 17.0 Å². The molecule has 0 aliphatic carbocycles. The molecule has 2 aromatic carbocycles. The van der Waals surface area contributed by atoms with E-state index in [1.165, 1.54) is 29.5 Å². The smallest absolute Gasteiger partial charge is 0.343 e. The molecule has 3 aliphatic rings. The zero-order valence-electron chi connectivity index (χ0n) is 19.5. The first-order valence-corrected chi connectivity index (χ1v) is 11.9. The molecule has 3 aliphatic heterocycles. The number of anilines is 2. The molecule has 182 valence electrons. The number of nitrogens with zero attached hydrogens (tertiary/aromatic N) is 2. The second-order valence-corrected chi connectivity index (χ2v) is 9.30. The van der Waals surface area contributed by atoms with Crippen molar-refractivity contribution in [2.24, 2.45) is 0 Å². The summed E-state index contributed by atoms with van der Waals surface area (Å²) in [5.41, 5.74) is 3.67. The van der Waals surface area contributed by atoms with Gasteiger partial charge in [-0.15, -0.1) is 0 Å². The van der Waals surface area contributed by atoms with Crippen molar-refractivity contribution in [3.63, 3.8) is 0 Å². The number of urea groups is 1. The van der Waals surface area contributed by atoms with E-state index in [1.54, 1.807) is 6.92 Å². The van der Waals surface area contributed by atoms with Gasteiger partial charge in [0.05, 0.1) is 11.3 Å². The number of amides is 4. The minimum Gasteiger partial charge on any atom is -0.422 e. The van der Waals surface area contributed by atoms with Crippen LogP contribution < -0.4 is 20.7 Å². The Morgan fingerprint density at radius 1 is 1.03 bits per heavy atom. The molecule has 3 aromatic rings. The highest BCUT2D eigenvalue weighted by Gasteiger charge is 2.37. The molecule has 1 saturated heterocycles. The maximum Gasteiger partial charge on any atom is 0.343 e. The third-order valence-electron chi connectivity index (χ3n) is 7.17. The zero-order valence-corrected chi connectivity index (χ0v) is 19.5. The number of imide groups is 2. The molecule has 0 spiro atoms. The summed E-state index contributed by atoms with van der Waals surface area (Å²) in [6.45, 7) is 3.74. The fourth-order valence-electron chi connectivity index (χ4n) is 5.47. The number of hydrogen-bond acceptors (Lipinski definition) is 6. The fourth-order valence-corrected chi connectivity index (χ4v) is 5.47. The van der Waals surface area contributed by atoms with Crippen molar-refractivity contribution in [2.45, 2.75) is 32.6 Å². The number of nitrogens with one attached hydrogen (secondary N) is 1. The van der Waals surface area contributed by atoms with Crippen molar-refractivity contribution >= 4 is 46.3 Å². The Bertz CT molecular complexity index is 1570. The molecule has 4 amide bonds. The Morgan fingerprint density at radius 3 is 2.50 bits per heavy atom. The van der Waals surface area contributed by atoms with Gasteiger partial charge in [0.15, 0.2) is 0 Å². The Balaban J connectivity index is 1.49. The highest BCUT2D eigenvalue weighted by molar-refractivity contribution is 6.39. The summed E-state index contributed by atoms with van der Waals surface area (Å²) >= 11 is 0. The minimum atomic E-state index is -0.952. The summed E-state index contributed by atoms with van der Waals surface area (Å²) in [7, 11) is 0. The molecule has 0 bridgehead atoms. The average Bonchev–Trinajstić information content (AvgIpc) is 2.85. The molecule has 1 fully saturated rings. The quantitative estimate of drug-likeness (QED) is 0.337.